The zero-order valence-corrected chi connectivity index (χ0v) is 44.0. The molecule has 0 heterocycles. The van der Waals surface area contributed by atoms with Crippen molar-refractivity contribution >= 4 is 43.0 Å². The molecule has 6 nitrogen and oxygen atoms in total. The Morgan fingerprint density at radius 2 is 0.500 bits per heavy atom. The number of carboxylic acids is 1. The average molecular weight is 996 g/mol. The van der Waals surface area contributed by atoms with E-state index in [1.807, 2.05) is 0 Å². The van der Waals surface area contributed by atoms with Crippen LogP contribution in [0.2, 0.25) is 0 Å². The molecule has 0 aliphatic heterocycles. The number of carbonyl (C=O) groups excluding carboxylic acids is 3. The third-order valence-corrected chi connectivity index (χ3v) is 13.2. The Morgan fingerprint density at radius 1 is 0.321 bits per heavy atom. The minimum absolute atomic E-state index is 0. The van der Waals surface area contributed by atoms with Crippen LogP contribution in [-0.4, -0.2) is 43.0 Å². The van der Waals surface area contributed by atoms with Gasteiger partial charge in [0, 0.05) is 5.97 Å². The molecule has 0 aromatic rings. The van der Waals surface area contributed by atoms with Gasteiger partial charge in [-0.1, -0.05) is 149 Å². The Balaban J connectivity index is -0.00000124. The van der Waals surface area contributed by atoms with E-state index >= 15 is 0 Å². The summed E-state index contributed by atoms with van der Waals surface area (Å²) in [5.74, 6) is -1.24. The zero-order valence-electron chi connectivity index (χ0n) is 38.1. The second-order valence-corrected chi connectivity index (χ2v) is 18.6. The van der Waals surface area contributed by atoms with E-state index in [0.29, 0.717) is 12.8 Å². The maximum atomic E-state index is 11.8. The summed E-state index contributed by atoms with van der Waals surface area (Å²) < 4.78 is 10.5. The first-order chi connectivity index (χ1) is 27.0. The van der Waals surface area contributed by atoms with Gasteiger partial charge in [-0.15, -0.1) is 0 Å². The second-order valence-electron chi connectivity index (χ2n) is 16.4. The standard InChI is InChI=1S/3C16H32O2.Na.Pb/c3*1-2-3-4-5-6-7-8-9-10-11-12-13-14-15-16(17)18;;/h3*2-15H2,1H3,(H,17,18);;/q;;;+1;+2/p-3. The van der Waals surface area contributed by atoms with Crippen molar-refractivity contribution in [2.45, 2.75) is 290 Å². The third kappa shape index (κ3) is 58.6. The fourth-order valence-corrected chi connectivity index (χ4v) is 8.76. The molecule has 0 unspecified atom stereocenters. The van der Waals surface area contributed by atoms with Crippen LogP contribution < -0.4 is 34.7 Å². The predicted molar refractivity (Wildman–Crippen MR) is 234 cm³/mol. The molecule has 326 valence electrons. The first kappa shape index (κ1) is 60.6. The molecule has 0 N–H and O–H groups in total. The van der Waals surface area contributed by atoms with E-state index in [9.17, 15) is 19.5 Å². The summed E-state index contributed by atoms with van der Waals surface area (Å²) in [7, 11) is 0. The van der Waals surface area contributed by atoms with Gasteiger partial charge in [0.25, 0.3) is 0 Å². The quantitative estimate of drug-likeness (QED) is 0.0446. The van der Waals surface area contributed by atoms with Gasteiger partial charge in [-0.05, 0) is 12.8 Å². The molecule has 8 heteroatoms. The Morgan fingerprint density at radius 3 is 0.696 bits per heavy atom. The fourth-order valence-electron chi connectivity index (χ4n) is 7.08. The molecule has 0 saturated carbocycles. The maximum absolute atomic E-state index is 11.8. The van der Waals surface area contributed by atoms with Crippen LogP contribution >= 0.6 is 0 Å². The molecule has 0 saturated heterocycles. The molecule has 2 radical (unpaired) electrons. The second kappa shape index (κ2) is 55.3. The van der Waals surface area contributed by atoms with Gasteiger partial charge in [-0.2, -0.15) is 0 Å². The number of aliphatic carboxylic acids is 1. The monoisotopic (exact) mass is 997 g/mol. The number of hydrogen-bond donors (Lipinski definition) is 0. The first-order valence-electron chi connectivity index (χ1n) is 24.3. The topological polar surface area (TPSA) is 92.7 Å². The van der Waals surface area contributed by atoms with E-state index in [1.54, 1.807) is 0 Å². The summed E-state index contributed by atoms with van der Waals surface area (Å²) >= 11 is -2.02. The van der Waals surface area contributed by atoms with Crippen molar-refractivity contribution in [2.24, 2.45) is 0 Å². The number of hydrogen-bond acceptors (Lipinski definition) is 6. The van der Waals surface area contributed by atoms with Crippen molar-refractivity contribution in [3.8, 4) is 0 Å². The molecule has 56 heavy (non-hydrogen) atoms. The minimum Gasteiger partial charge on any atom is -0.0654 e. The van der Waals surface area contributed by atoms with Crippen LogP contribution in [0.5, 0.6) is 0 Å². The van der Waals surface area contributed by atoms with Gasteiger partial charge >= 0.3 is 210 Å². The van der Waals surface area contributed by atoms with Gasteiger partial charge in [-0.3, -0.25) is 0 Å². The summed E-state index contributed by atoms with van der Waals surface area (Å²) in [6.07, 6.45) is 51.6. The van der Waals surface area contributed by atoms with Crippen LogP contribution in [0, 0.1) is 0 Å². The van der Waals surface area contributed by atoms with Crippen LogP contribution in [0.4, 0.5) is 0 Å². The van der Waals surface area contributed by atoms with Gasteiger partial charge in [0.15, 0.2) is 0 Å². The molecule has 0 aromatic heterocycles. The molecule has 0 aliphatic carbocycles. The van der Waals surface area contributed by atoms with Crippen LogP contribution in [0.15, 0.2) is 0 Å². The SMILES string of the molecule is CCCCCCCCCCCCCCCC(=O)[O-].CCCCCCCCCCCCCCCC(=O)[O][Pb][O]C(=O)CCCCCCCCCCCCCCC.[Na+]. The van der Waals surface area contributed by atoms with Crippen molar-refractivity contribution < 1.29 is 54.4 Å². The fraction of sp³-hybridized carbons (Fsp3) is 0.938. The molecule has 0 atom stereocenters. The van der Waals surface area contributed by atoms with E-state index < -0.39 is 31.1 Å². The van der Waals surface area contributed by atoms with Crippen molar-refractivity contribution in [1.82, 2.24) is 0 Å². The van der Waals surface area contributed by atoms with Crippen molar-refractivity contribution in [1.29, 1.82) is 0 Å². The molecular weight excluding hydrogens is 903 g/mol. The van der Waals surface area contributed by atoms with E-state index in [0.717, 1.165) is 38.5 Å². The average Bonchev–Trinajstić information content (AvgIpc) is 3.17. The molecule has 0 spiro atoms. The summed E-state index contributed by atoms with van der Waals surface area (Å²) in [6.45, 7) is 6.79. The van der Waals surface area contributed by atoms with Gasteiger partial charge in [0.1, 0.15) is 0 Å². The van der Waals surface area contributed by atoms with E-state index in [1.165, 1.54) is 212 Å². The summed E-state index contributed by atoms with van der Waals surface area (Å²) in [5.41, 5.74) is 0. The Bertz CT molecular complexity index is 741. The third-order valence-electron chi connectivity index (χ3n) is 10.8. The minimum atomic E-state index is -2.02. The molecule has 0 aromatic carbocycles. The Labute approximate surface area is 384 Å². The summed E-state index contributed by atoms with van der Waals surface area (Å²) in [6, 6.07) is 0. The first-order valence-corrected chi connectivity index (χ1v) is 27.5. The number of carboxylic acid groups (broad SMARTS) is 1. The van der Waals surface area contributed by atoms with Crippen LogP contribution in [0.25, 0.3) is 0 Å². The normalized spacial score (nSPS) is 10.8. The van der Waals surface area contributed by atoms with E-state index in [4.69, 9.17) is 5.37 Å². The smallest absolute Gasteiger partial charge is 0.0654 e. The molecular formula is C48H93NaO6Pb. The Hall–Kier alpha value is 0.332. The molecule has 0 amide bonds. The van der Waals surface area contributed by atoms with Crippen LogP contribution in [-0.2, 0) is 19.8 Å². The zero-order chi connectivity index (χ0) is 40.6. The van der Waals surface area contributed by atoms with Crippen molar-refractivity contribution in [3.63, 3.8) is 0 Å². The molecule has 0 aliphatic rings. The van der Waals surface area contributed by atoms with Crippen LogP contribution in [0.3, 0.4) is 0 Å². The van der Waals surface area contributed by atoms with Gasteiger partial charge < -0.3 is 9.90 Å². The predicted octanol–water partition coefficient (Wildman–Crippen LogP) is 11.8. The van der Waals surface area contributed by atoms with Gasteiger partial charge in [-0.25, -0.2) is 0 Å². The summed E-state index contributed by atoms with van der Waals surface area (Å²) in [4.78, 5) is 33.9. The molecule has 0 fully saturated rings. The van der Waals surface area contributed by atoms with E-state index in [2.05, 4.69) is 20.8 Å². The number of rotatable bonds is 44. The van der Waals surface area contributed by atoms with E-state index in [-0.39, 0.29) is 47.9 Å². The van der Waals surface area contributed by atoms with Crippen LogP contribution in [0.1, 0.15) is 290 Å². The van der Waals surface area contributed by atoms with Gasteiger partial charge in [0.2, 0.25) is 0 Å². The summed E-state index contributed by atoms with van der Waals surface area (Å²) in [5, 5.41) is 10.2. The van der Waals surface area contributed by atoms with Crippen molar-refractivity contribution in [3.05, 3.63) is 0 Å². The Kier molecular flexibility index (Phi) is 59.9. The molecule has 0 rings (SSSR count). The molecule has 0 bridgehead atoms. The van der Waals surface area contributed by atoms with Crippen molar-refractivity contribution in [2.75, 3.05) is 0 Å². The number of unbranched alkanes of at least 4 members (excludes halogenated alkanes) is 36. The number of carbonyl (C=O) groups is 3. The van der Waals surface area contributed by atoms with Gasteiger partial charge in [0.05, 0.1) is 0 Å².